The van der Waals surface area contributed by atoms with Crippen molar-refractivity contribution in [1.29, 1.82) is 0 Å². The minimum absolute atomic E-state index is 0.108. The molecule has 4 rings (SSSR count). The number of carbonyl (C=O) groups excluding carboxylic acids is 1. The van der Waals surface area contributed by atoms with E-state index in [1.54, 1.807) is 24.1 Å². The Labute approximate surface area is 158 Å². The van der Waals surface area contributed by atoms with E-state index < -0.39 is 0 Å². The van der Waals surface area contributed by atoms with Gasteiger partial charge in [0.05, 0.1) is 6.26 Å². The van der Waals surface area contributed by atoms with Gasteiger partial charge in [-0.3, -0.25) is 10.00 Å². The molecular weight excluding hydrogens is 342 g/mol. The van der Waals surface area contributed by atoms with E-state index in [4.69, 9.17) is 4.42 Å². The Morgan fingerprint density at radius 2 is 2.07 bits per heavy atom. The lowest BCUT2D eigenvalue weighted by molar-refractivity contribution is 0.246. The first-order valence-corrected chi connectivity index (χ1v) is 9.14. The fraction of sp³-hybridized carbons (Fsp3) is 0.300. The van der Waals surface area contributed by atoms with Gasteiger partial charge < -0.3 is 14.6 Å². The predicted molar refractivity (Wildman–Crippen MR) is 105 cm³/mol. The van der Waals surface area contributed by atoms with Crippen molar-refractivity contribution in [2.24, 2.45) is 7.05 Å². The normalized spacial score (nSPS) is 16.9. The molecule has 140 valence electrons. The molecule has 2 amide bonds. The summed E-state index contributed by atoms with van der Waals surface area (Å²) in [5.41, 5.74) is 1.88. The van der Waals surface area contributed by atoms with E-state index in [2.05, 4.69) is 32.8 Å². The van der Waals surface area contributed by atoms with Crippen LogP contribution in [0.1, 0.15) is 12.8 Å². The maximum Gasteiger partial charge on any atom is 0.320 e. The number of nitrogens with zero attached hydrogens (tertiary/aromatic N) is 3. The predicted octanol–water partition coefficient (Wildman–Crippen LogP) is 3.47. The molecule has 1 aliphatic heterocycles. The van der Waals surface area contributed by atoms with E-state index in [-0.39, 0.29) is 12.1 Å². The third kappa shape index (κ3) is 3.97. The summed E-state index contributed by atoms with van der Waals surface area (Å²) in [7, 11) is 1.79. The second-order valence-electron chi connectivity index (χ2n) is 6.73. The average molecular weight is 365 g/mol. The van der Waals surface area contributed by atoms with Crippen LogP contribution in [0.5, 0.6) is 0 Å². The second kappa shape index (κ2) is 7.57. The fourth-order valence-corrected chi connectivity index (χ4v) is 3.44. The van der Waals surface area contributed by atoms with Crippen LogP contribution in [-0.4, -0.2) is 34.9 Å². The Bertz CT molecular complexity index is 889. The van der Waals surface area contributed by atoms with Gasteiger partial charge in [-0.15, -0.1) is 0 Å². The summed E-state index contributed by atoms with van der Waals surface area (Å²) in [6, 6.07) is 15.6. The summed E-state index contributed by atoms with van der Waals surface area (Å²) in [6.07, 6.45) is 3.62. The molecule has 1 atom stereocenters. The van der Waals surface area contributed by atoms with Crippen LogP contribution in [0.15, 0.2) is 59.2 Å². The highest BCUT2D eigenvalue weighted by molar-refractivity contribution is 5.89. The molecule has 7 nitrogen and oxygen atoms in total. The van der Waals surface area contributed by atoms with Crippen LogP contribution >= 0.6 is 0 Å². The smallest absolute Gasteiger partial charge is 0.320 e. The van der Waals surface area contributed by atoms with E-state index in [0.29, 0.717) is 17.3 Å². The number of urea groups is 1. The summed E-state index contributed by atoms with van der Waals surface area (Å²) in [6.45, 7) is 1.82. The first-order valence-electron chi connectivity index (χ1n) is 9.14. The minimum Gasteiger partial charge on any atom is -0.463 e. The highest BCUT2D eigenvalue weighted by Crippen LogP contribution is 2.22. The Hall–Kier alpha value is -3.22. The molecule has 2 N–H and O–H groups in total. The highest BCUT2D eigenvalue weighted by Gasteiger charge is 2.22. The van der Waals surface area contributed by atoms with Gasteiger partial charge >= 0.3 is 6.03 Å². The molecule has 1 fully saturated rings. The molecule has 0 bridgehead atoms. The van der Waals surface area contributed by atoms with Crippen molar-refractivity contribution in [1.82, 2.24) is 15.1 Å². The standard InChI is InChI=1S/C20H23N5O2/c1-24-19(13-17(23-24)18-10-6-12-27-18)22-20(26)21-15-7-5-11-25(14-15)16-8-3-2-4-9-16/h2-4,6,8-10,12-13,15H,5,7,11,14H2,1H3,(H2,21,22,26). The molecule has 0 radical (unpaired) electrons. The van der Waals surface area contributed by atoms with E-state index in [0.717, 1.165) is 25.9 Å². The Morgan fingerprint density at radius 3 is 2.85 bits per heavy atom. The molecule has 2 aromatic heterocycles. The maximum atomic E-state index is 12.5. The number of para-hydroxylation sites is 1. The number of aryl methyl sites for hydroxylation is 1. The molecule has 7 heteroatoms. The Balaban J connectivity index is 1.37. The molecule has 27 heavy (non-hydrogen) atoms. The third-order valence-corrected chi connectivity index (χ3v) is 4.77. The number of piperidine rings is 1. The van der Waals surface area contributed by atoms with Crippen molar-refractivity contribution in [3.05, 3.63) is 54.8 Å². The van der Waals surface area contributed by atoms with Crippen molar-refractivity contribution in [2.45, 2.75) is 18.9 Å². The van der Waals surface area contributed by atoms with E-state index in [1.807, 2.05) is 30.3 Å². The van der Waals surface area contributed by atoms with Gasteiger partial charge in [0.1, 0.15) is 11.5 Å². The van der Waals surface area contributed by atoms with Crippen LogP contribution in [0.4, 0.5) is 16.3 Å². The monoisotopic (exact) mass is 365 g/mol. The molecular formula is C20H23N5O2. The van der Waals surface area contributed by atoms with Crippen molar-refractivity contribution in [2.75, 3.05) is 23.3 Å². The quantitative estimate of drug-likeness (QED) is 0.742. The number of anilines is 2. The van der Waals surface area contributed by atoms with E-state index >= 15 is 0 Å². The zero-order chi connectivity index (χ0) is 18.6. The molecule has 1 unspecified atom stereocenters. The summed E-state index contributed by atoms with van der Waals surface area (Å²) in [5, 5.41) is 10.3. The van der Waals surface area contributed by atoms with Gasteiger partial charge in [-0.1, -0.05) is 18.2 Å². The second-order valence-corrected chi connectivity index (χ2v) is 6.73. The zero-order valence-electron chi connectivity index (χ0n) is 15.3. The third-order valence-electron chi connectivity index (χ3n) is 4.77. The van der Waals surface area contributed by atoms with Gasteiger partial charge in [0.2, 0.25) is 0 Å². The SMILES string of the molecule is Cn1nc(-c2ccco2)cc1NC(=O)NC1CCCN(c2ccccc2)C1. The maximum absolute atomic E-state index is 12.5. The number of rotatable bonds is 4. The Morgan fingerprint density at radius 1 is 1.22 bits per heavy atom. The van der Waals surface area contributed by atoms with Crippen LogP contribution in [0.25, 0.3) is 11.5 Å². The summed E-state index contributed by atoms with van der Waals surface area (Å²) >= 11 is 0. The number of amides is 2. The molecule has 1 saturated heterocycles. The molecule has 1 aromatic carbocycles. The van der Waals surface area contributed by atoms with Crippen LogP contribution in [0.3, 0.4) is 0 Å². The Kier molecular flexibility index (Phi) is 4.82. The summed E-state index contributed by atoms with van der Waals surface area (Å²) < 4.78 is 6.99. The summed E-state index contributed by atoms with van der Waals surface area (Å²) in [4.78, 5) is 14.8. The number of furan rings is 1. The van der Waals surface area contributed by atoms with Crippen LogP contribution in [-0.2, 0) is 7.05 Å². The number of benzene rings is 1. The van der Waals surface area contributed by atoms with Crippen LogP contribution < -0.4 is 15.5 Å². The summed E-state index contributed by atoms with van der Waals surface area (Å²) in [5.74, 6) is 1.29. The van der Waals surface area contributed by atoms with Gasteiger partial charge in [-0.25, -0.2) is 4.79 Å². The number of hydrogen-bond donors (Lipinski definition) is 2. The number of nitrogens with one attached hydrogen (secondary N) is 2. The zero-order valence-corrected chi connectivity index (χ0v) is 15.3. The van der Waals surface area contributed by atoms with Crippen LogP contribution in [0.2, 0.25) is 0 Å². The number of aromatic nitrogens is 2. The van der Waals surface area contributed by atoms with Gasteiger partial charge in [0, 0.05) is 37.9 Å². The van der Waals surface area contributed by atoms with Gasteiger partial charge in [0.15, 0.2) is 5.76 Å². The van der Waals surface area contributed by atoms with E-state index in [9.17, 15) is 4.79 Å². The lowest BCUT2D eigenvalue weighted by Gasteiger charge is -2.34. The fourth-order valence-electron chi connectivity index (χ4n) is 3.44. The van der Waals surface area contributed by atoms with Crippen molar-refractivity contribution in [3.8, 4) is 11.5 Å². The van der Waals surface area contributed by atoms with Crippen molar-refractivity contribution in [3.63, 3.8) is 0 Å². The molecule has 0 spiro atoms. The largest absolute Gasteiger partial charge is 0.463 e. The highest BCUT2D eigenvalue weighted by atomic mass is 16.3. The molecule has 1 aliphatic rings. The van der Waals surface area contributed by atoms with Crippen molar-refractivity contribution < 1.29 is 9.21 Å². The van der Waals surface area contributed by atoms with Gasteiger partial charge in [-0.05, 0) is 37.1 Å². The lowest BCUT2D eigenvalue weighted by Crippen LogP contribution is -2.49. The van der Waals surface area contributed by atoms with Crippen molar-refractivity contribution >= 4 is 17.5 Å². The molecule has 0 saturated carbocycles. The first-order chi connectivity index (χ1) is 13.2. The number of carbonyl (C=O) groups is 1. The topological polar surface area (TPSA) is 75.3 Å². The van der Waals surface area contributed by atoms with Gasteiger partial charge in [-0.2, -0.15) is 5.10 Å². The first kappa shape index (κ1) is 17.2. The van der Waals surface area contributed by atoms with E-state index in [1.165, 1.54) is 5.69 Å². The lowest BCUT2D eigenvalue weighted by atomic mass is 10.1. The van der Waals surface area contributed by atoms with Crippen LogP contribution in [0, 0.1) is 0 Å². The van der Waals surface area contributed by atoms with Gasteiger partial charge in [0.25, 0.3) is 0 Å². The molecule has 0 aliphatic carbocycles. The molecule has 3 aromatic rings. The minimum atomic E-state index is -0.219. The molecule has 3 heterocycles. The average Bonchev–Trinajstić information content (AvgIpc) is 3.33. The number of hydrogen-bond acceptors (Lipinski definition) is 4.